The maximum Gasteiger partial charge on any atom is 0.0639 e. The maximum absolute atomic E-state index is 9.45. The van der Waals surface area contributed by atoms with Gasteiger partial charge in [0.05, 0.1) is 6.10 Å². The van der Waals surface area contributed by atoms with E-state index < -0.39 is 0 Å². The topological polar surface area (TPSA) is 35.5 Å². The fraction of sp³-hybridized carbons (Fsp3) is 0.556. The Kier molecular flexibility index (Phi) is 5.47. The van der Waals surface area contributed by atoms with Gasteiger partial charge in [-0.1, -0.05) is 18.2 Å². The first-order chi connectivity index (χ1) is 10.7. The lowest BCUT2D eigenvalue weighted by molar-refractivity contribution is 0.0998. The molecule has 4 heteroatoms. The number of likely N-dealkylation sites (tertiary alicyclic amines) is 1. The molecule has 0 saturated carbocycles. The molecular formula is C18H26N2OS. The standard InChI is InChI=1S/C18H26N2OS/c1-14(21)12-20-8-6-15(7-9-20)10-19-11-16-13-22-18-5-3-2-4-17(16)18/h2-5,13-15,19,21H,6-12H2,1H3. The van der Waals surface area contributed by atoms with Crippen molar-refractivity contribution in [2.75, 3.05) is 26.2 Å². The SMILES string of the molecule is CC(O)CN1CCC(CNCc2csc3ccccc23)CC1. The predicted molar refractivity (Wildman–Crippen MR) is 94.4 cm³/mol. The molecule has 2 heterocycles. The zero-order valence-electron chi connectivity index (χ0n) is 13.3. The minimum absolute atomic E-state index is 0.207. The average Bonchev–Trinajstić information content (AvgIpc) is 2.92. The second-order valence-electron chi connectivity index (χ2n) is 6.48. The van der Waals surface area contributed by atoms with E-state index in [1.165, 1.54) is 28.5 Å². The van der Waals surface area contributed by atoms with Crippen molar-refractivity contribution in [1.29, 1.82) is 0 Å². The van der Waals surface area contributed by atoms with Gasteiger partial charge < -0.3 is 15.3 Å². The fourth-order valence-electron chi connectivity index (χ4n) is 3.33. The van der Waals surface area contributed by atoms with E-state index in [0.29, 0.717) is 0 Å². The van der Waals surface area contributed by atoms with Crippen molar-refractivity contribution in [2.24, 2.45) is 5.92 Å². The van der Waals surface area contributed by atoms with E-state index in [4.69, 9.17) is 0 Å². The van der Waals surface area contributed by atoms with Gasteiger partial charge in [-0.3, -0.25) is 0 Å². The highest BCUT2D eigenvalue weighted by Gasteiger charge is 2.19. The number of hydrogen-bond donors (Lipinski definition) is 2. The molecule has 1 aliphatic rings. The molecule has 1 fully saturated rings. The molecule has 1 atom stereocenters. The molecule has 2 N–H and O–H groups in total. The number of piperidine rings is 1. The number of nitrogens with one attached hydrogen (secondary N) is 1. The average molecular weight is 318 g/mol. The van der Waals surface area contributed by atoms with Gasteiger partial charge in [0.25, 0.3) is 0 Å². The minimum atomic E-state index is -0.207. The first-order valence-corrected chi connectivity index (χ1v) is 9.16. The number of aliphatic hydroxyl groups is 1. The molecule has 1 aromatic carbocycles. The molecule has 1 aromatic heterocycles. The lowest BCUT2D eigenvalue weighted by Crippen LogP contribution is -2.40. The summed E-state index contributed by atoms with van der Waals surface area (Å²) < 4.78 is 1.38. The van der Waals surface area contributed by atoms with Crippen LogP contribution in [-0.2, 0) is 6.54 Å². The van der Waals surface area contributed by atoms with Crippen LogP contribution in [0.25, 0.3) is 10.1 Å². The van der Waals surface area contributed by atoms with Gasteiger partial charge in [0.2, 0.25) is 0 Å². The minimum Gasteiger partial charge on any atom is -0.392 e. The Morgan fingerprint density at radius 3 is 2.86 bits per heavy atom. The first kappa shape index (κ1) is 15.9. The Morgan fingerprint density at radius 1 is 1.32 bits per heavy atom. The lowest BCUT2D eigenvalue weighted by Gasteiger charge is -2.32. The van der Waals surface area contributed by atoms with Crippen molar-refractivity contribution >= 4 is 21.4 Å². The molecule has 0 radical (unpaired) electrons. The van der Waals surface area contributed by atoms with Crippen molar-refractivity contribution in [3.63, 3.8) is 0 Å². The highest BCUT2D eigenvalue weighted by Crippen LogP contribution is 2.25. The third-order valence-corrected chi connectivity index (χ3v) is 5.55. The molecule has 3 nitrogen and oxygen atoms in total. The second kappa shape index (κ2) is 7.55. The molecule has 0 spiro atoms. The zero-order valence-corrected chi connectivity index (χ0v) is 14.1. The van der Waals surface area contributed by atoms with Gasteiger partial charge in [-0.25, -0.2) is 0 Å². The van der Waals surface area contributed by atoms with Crippen LogP contribution in [0.5, 0.6) is 0 Å². The van der Waals surface area contributed by atoms with E-state index in [1.807, 2.05) is 18.3 Å². The number of rotatable bonds is 6. The Labute approximate surface area is 137 Å². The van der Waals surface area contributed by atoms with E-state index in [2.05, 4.69) is 39.9 Å². The highest BCUT2D eigenvalue weighted by atomic mass is 32.1. The van der Waals surface area contributed by atoms with Crippen molar-refractivity contribution in [3.8, 4) is 0 Å². The van der Waals surface area contributed by atoms with Crippen LogP contribution in [0.15, 0.2) is 29.6 Å². The lowest BCUT2D eigenvalue weighted by atomic mass is 9.96. The van der Waals surface area contributed by atoms with Crippen LogP contribution >= 0.6 is 11.3 Å². The fourth-order valence-corrected chi connectivity index (χ4v) is 4.29. The van der Waals surface area contributed by atoms with Crippen LogP contribution in [0.4, 0.5) is 0 Å². The summed E-state index contributed by atoms with van der Waals surface area (Å²) in [7, 11) is 0. The van der Waals surface area contributed by atoms with Gasteiger partial charge in [-0.2, -0.15) is 0 Å². The number of thiophene rings is 1. The predicted octanol–water partition coefficient (Wildman–Crippen LogP) is 3.08. The van der Waals surface area contributed by atoms with Gasteiger partial charge in [0.15, 0.2) is 0 Å². The summed E-state index contributed by atoms with van der Waals surface area (Å²) in [5.41, 5.74) is 1.42. The number of hydrogen-bond acceptors (Lipinski definition) is 4. The smallest absolute Gasteiger partial charge is 0.0639 e. The van der Waals surface area contributed by atoms with Gasteiger partial charge in [0.1, 0.15) is 0 Å². The van der Waals surface area contributed by atoms with E-state index in [1.54, 1.807) is 0 Å². The van der Waals surface area contributed by atoms with Crippen molar-refractivity contribution in [2.45, 2.75) is 32.4 Å². The summed E-state index contributed by atoms with van der Waals surface area (Å²) in [6.45, 7) is 7.02. The van der Waals surface area contributed by atoms with Crippen LogP contribution in [0.1, 0.15) is 25.3 Å². The van der Waals surface area contributed by atoms with E-state index in [0.717, 1.165) is 38.6 Å². The summed E-state index contributed by atoms with van der Waals surface area (Å²) in [5.74, 6) is 0.773. The largest absolute Gasteiger partial charge is 0.392 e. The molecule has 0 bridgehead atoms. The number of fused-ring (bicyclic) bond motifs is 1. The quantitative estimate of drug-likeness (QED) is 0.859. The molecule has 1 aliphatic heterocycles. The van der Waals surface area contributed by atoms with E-state index in [-0.39, 0.29) is 6.10 Å². The summed E-state index contributed by atoms with van der Waals surface area (Å²) in [6.07, 6.45) is 2.27. The Balaban J connectivity index is 1.42. The number of β-amino-alcohol motifs (C(OH)–C–C–N with tert-alkyl or cyclic N) is 1. The highest BCUT2D eigenvalue weighted by molar-refractivity contribution is 7.17. The molecule has 2 aromatic rings. The van der Waals surface area contributed by atoms with Crippen LogP contribution in [-0.4, -0.2) is 42.3 Å². The van der Waals surface area contributed by atoms with Gasteiger partial charge in [-0.05, 0) is 67.7 Å². The summed E-state index contributed by atoms with van der Waals surface area (Å²) in [4.78, 5) is 2.38. The number of aliphatic hydroxyl groups excluding tert-OH is 1. The van der Waals surface area contributed by atoms with E-state index in [9.17, 15) is 5.11 Å². The van der Waals surface area contributed by atoms with E-state index >= 15 is 0 Å². The molecule has 0 amide bonds. The number of nitrogens with zero attached hydrogens (tertiary/aromatic N) is 1. The Bertz CT molecular complexity index is 588. The van der Waals surface area contributed by atoms with Crippen molar-refractivity contribution in [3.05, 3.63) is 35.2 Å². The molecule has 1 saturated heterocycles. The monoisotopic (exact) mass is 318 g/mol. The van der Waals surface area contributed by atoms with Crippen molar-refractivity contribution in [1.82, 2.24) is 10.2 Å². The summed E-state index contributed by atoms with van der Waals surface area (Å²) >= 11 is 1.84. The van der Waals surface area contributed by atoms with Gasteiger partial charge in [-0.15, -0.1) is 11.3 Å². The van der Waals surface area contributed by atoms with Gasteiger partial charge in [0, 0.05) is 17.8 Å². The summed E-state index contributed by atoms with van der Waals surface area (Å²) in [5, 5.41) is 16.8. The zero-order chi connectivity index (χ0) is 15.4. The van der Waals surface area contributed by atoms with Crippen LogP contribution < -0.4 is 5.32 Å². The normalized spacial score (nSPS) is 18.8. The molecule has 22 heavy (non-hydrogen) atoms. The molecule has 0 aliphatic carbocycles. The molecule has 1 unspecified atom stereocenters. The maximum atomic E-state index is 9.45. The van der Waals surface area contributed by atoms with Gasteiger partial charge >= 0.3 is 0 Å². The van der Waals surface area contributed by atoms with Crippen LogP contribution in [0, 0.1) is 5.92 Å². The molecular weight excluding hydrogens is 292 g/mol. The molecule has 3 rings (SSSR count). The third kappa shape index (κ3) is 4.07. The third-order valence-electron chi connectivity index (χ3n) is 4.54. The Morgan fingerprint density at radius 2 is 2.09 bits per heavy atom. The summed E-state index contributed by atoms with van der Waals surface area (Å²) in [6, 6.07) is 8.65. The van der Waals surface area contributed by atoms with Crippen LogP contribution in [0.3, 0.4) is 0 Å². The number of benzene rings is 1. The Hall–Kier alpha value is -0.940. The van der Waals surface area contributed by atoms with Crippen LogP contribution in [0.2, 0.25) is 0 Å². The second-order valence-corrected chi connectivity index (χ2v) is 7.39. The first-order valence-electron chi connectivity index (χ1n) is 8.28. The van der Waals surface area contributed by atoms with Crippen molar-refractivity contribution < 1.29 is 5.11 Å². The molecule has 120 valence electrons.